The number of benzene rings is 8. The summed E-state index contributed by atoms with van der Waals surface area (Å²) in [5, 5.41) is 5.32. The second kappa shape index (κ2) is 18.7. The molecule has 0 radical (unpaired) electrons. The SMILES string of the molecule is C(=Cc1ccccc1)Cc1ccc(-c2ccc(/C=C/Cc3cccc4ccccc34)cc2)cc1.Cc1cccc2ccccc12.Cc1ccccc1. The summed E-state index contributed by atoms with van der Waals surface area (Å²) in [6.45, 7) is 4.22. The quantitative estimate of drug-likeness (QED) is 0.158. The van der Waals surface area contributed by atoms with Gasteiger partial charge >= 0.3 is 0 Å². The second-order valence-electron chi connectivity index (χ2n) is 13.0. The van der Waals surface area contributed by atoms with Crippen molar-refractivity contribution < 1.29 is 0 Å². The van der Waals surface area contributed by atoms with Crippen LogP contribution in [-0.4, -0.2) is 0 Å². The molecular weight excluding hydrogens is 625 g/mol. The van der Waals surface area contributed by atoms with Crippen molar-refractivity contribution in [1.82, 2.24) is 0 Å². The van der Waals surface area contributed by atoms with E-state index in [-0.39, 0.29) is 0 Å². The van der Waals surface area contributed by atoms with Gasteiger partial charge < -0.3 is 0 Å². The smallest absolute Gasteiger partial charge is 0.00880 e. The molecule has 0 aromatic heterocycles. The van der Waals surface area contributed by atoms with Crippen molar-refractivity contribution in [3.8, 4) is 11.1 Å². The standard InChI is InChI=1S/C34H28.C11H10.C7H8/c1-2-9-27(10-3-1)11-6-12-28-19-23-30(24-20-28)31-25-21-29(22-26-31)13-7-15-33-17-8-16-32-14-4-5-18-34(32)33;1-9-5-4-7-10-6-2-3-8-11(9)10;1-7-5-3-2-4-6-7/h1-11,13-14,16-26H,12,15H2;2-8H,1H3;2-6H,1H3/b11-6?,13-7+;;. The number of fused-ring (bicyclic) bond motifs is 2. The van der Waals surface area contributed by atoms with Gasteiger partial charge in [-0.05, 0) is 87.2 Å². The van der Waals surface area contributed by atoms with Gasteiger partial charge in [0.25, 0.3) is 0 Å². The first-order valence-electron chi connectivity index (χ1n) is 18.1. The molecule has 8 rings (SSSR count). The molecule has 0 N–H and O–H groups in total. The first-order valence-corrected chi connectivity index (χ1v) is 18.1. The Morgan fingerprint density at radius 2 is 0.846 bits per heavy atom. The lowest BCUT2D eigenvalue weighted by atomic mass is 10.0. The molecule has 0 saturated carbocycles. The average Bonchev–Trinajstić information content (AvgIpc) is 3.20. The summed E-state index contributed by atoms with van der Waals surface area (Å²) >= 11 is 0. The van der Waals surface area contributed by atoms with Gasteiger partial charge in [0.05, 0.1) is 0 Å². The monoisotopic (exact) mass is 670 g/mol. The zero-order valence-corrected chi connectivity index (χ0v) is 30.2. The van der Waals surface area contributed by atoms with E-state index in [1.807, 2.05) is 24.3 Å². The van der Waals surface area contributed by atoms with Crippen LogP contribution in [0.1, 0.15) is 33.4 Å². The van der Waals surface area contributed by atoms with E-state index in [4.69, 9.17) is 0 Å². The fourth-order valence-electron chi connectivity index (χ4n) is 6.23. The molecule has 0 spiro atoms. The second-order valence-corrected chi connectivity index (χ2v) is 13.0. The van der Waals surface area contributed by atoms with E-state index in [1.54, 1.807) is 0 Å². The Morgan fingerprint density at radius 1 is 0.365 bits per heavy atom. The van der Waals surface area contributed by atoms with Gasteiger partial charge in [-0.1, -0.05) is 224 Å². The van der Waals surface area contributed by atoms with Crippen molar-refractivity contribution in [2.45, 2.75) is 26.7 Å². The van der Waals surface area contributed by atoms with Crippen LogP contribution < -0.4 is 0 Å². The largest absolute Gasteiger partial charge is 0.0795 e. The molecule has 0 aliphatic heterocycles. The summed E-state index contributed by atoms with van der Waals surface area (Å²) in [5.41, 5.74) is 10.3. The molecule has 0 heterocycles. The summed E-state index contributed by atoms with van der Waals surface area (Å²) in [7, 11) is 0. The Morgan fingerprint density at radius 3 is 1.46 bits per heavy atom. The van der Waals surface area contributed by atoms with Crippen LogP contribution in [0, 0.1) is 13.8 Å². The maximum Gasteiger partial charge on any atom is -0.00880 e. The molecule has 0 aliphatic carbocycles. The van der Waals surface area contributed by atoms with Crippen LogP contribution in [0.25, 0.3) is 44.8 Å². The highest BCUT2D eigenvalue weighted by molar-refractivity contribution is 5.86. The molecule has 0 unspecified atom stereocenters. The van der Waals surface area contributed by atoms with Crippen LogP contribution in [0.3, 0.4) is 0 Å². The van der Waals surface area contributed by atoms with Gasteiger partial charge in [-0.3, -0.25) is 0 Å². The van der Waals surface area contributed by atoms with Crippen molar-refractivity contribution >= 4 is 33.7 Å². The zero-order chi connectivity index (χ0) is 35.8. The Balaban J connectivity index is 0.000000208. The van der Waals surface area contributed by atoms with E-state index >= 15 is 0 Å². The summed E-state index contributed by atoms with van der Waals surface area (Å²) in [4.78, 5) is 0. The lowest BCUT2D eigenvalue weighted by molar-refractivity contribution is 1.28. The van der Waals surface area contributed by atoms with E-state index < -0.39 is 0 Å². The summed E-state index contributed by atoms with van der Waals surface area (Å²) in [5.74, 6) is 0. The van der Waals surface area contributed by atoms with E-state index in [9.17, 15) is 0 Å². The van der Waals surface area contributed by atoms with E-state index in [2.05, 4.69) is 208 Å². The predicted molar refractivity (Wildman–Crippen MR) is 228 cm³/mol. The molecule has 8 aromatic carbocycles. The van der Waals surface area contributed by atoms with Gasteiger partial charge in [0.15, 0.2) is 0 Å². The number of aryl methyl sites for hydroxylation is 2. The Bertz CT molecular complexity index is 2320. The minimum atomic E-state index is 0.934. The zero-order valence-electron chi connectivity index (χ0n) is 30.2. The fraction of sp³-hybridized carbons (Fsp3) is 0.0769. The molecule has 0 fully saturated rings. The van der Waals surface area contributed by atoms with Crippen molar-refractivity contribution in [1.29, 1.82) is 0 Å². The molecule has 0 atom stereocenters. The third-order valence-corrected chi connectivity index (χ3v) is 9.14. The number of allylic oxidation sites excluding steroid dienone is 2. The van der Waals surface area contributed by atoms with Gasteiger partial charge in [-0.15, -0.1) is 0 Å². The Labute approximate surface area is 310 Å². The summed E-state index contributed by atoms with van der Waals surface area (Å²) < 4.78 is 0. The highest BCUT2D eigenvalue weighted by Gasteiger charge is 2.00. The minimum absolute atomic E-state index is 0.934. The average molecular weight is 671 g/mol. The molecule has 0 bridgehead atoms. The lowest BCUT2D eigenvalue weighted by Crippen LogP contribution is -1.84. The van der Waals surface area contributed by atoms with Crippen molar-refractivity contribution in [3.63, 3.8) is 0 Å². The van der Waals surface area contributed by atoms with Gasteiger partial charge in [0.1, 0.15) is 0 Å². The third kappa shape index (κ3) is 10.4. The van der Waals surface area contributed by atoms with E-state index in [0.717, 1.165) is 12.8 Å². The van der Waals surface area contributed by atoms with Crippen LogP contribution in [0.2, 0.25) is 0 Å². The third-order valence-electron chi connectivity index (χ3n) is 9.14. The van der Waals surface area contributed by atoms with Crippen molar-refractivity contribution in [2.75, 3.05) is 0 Å². The molecule has 52 heavy (non-hydrogen) atoms. The maximum absolute atomic E-state index is 2.26. The van der Waals surface area contributed by atoms with Crippen molar-refractivity contribution in [2.24, 2.45) is 0 Å². The molecule has 0 amide bonds. The normalized spacial score (nSPS) is 10.9. The first kappa shape index (κ1) is 35.6. The van der Waals surface area contributed by atoms with E-state index in [1.165, 1.54) is 66.1 Å². The molecule has 254 valence electrons. The molecule has 0 heteroatoms. The molecular formula is C52H46. The van der Waals surface area contributed by atoms with E-state index in [0.29, 0.717) is 0 Å². The van der Waals surface area contributed by atoms with Crippen LogP contribution in [-0.2, 0) is 12.8 Å². The molecule has 0 aliphatic rings. The summed E-state index contributed by atoms with van der Waals surface area (Å²) in [6, 6.07) is 68.4. The van der Waals surface area contributed by atoms with Gasteiger partial charge in [0, 0.05) is 0 Å². The molecule has 0 nitrogen and oxygen atoms in total. The predicted octanol–water partition coefficient (Wildman–Crippen LogP) is 14.2. The highest BCUT2D eigenvalue weighted by atomic mass is 14.1. The molecule has 8 aromatic rings. The van der Waals surface area contributed by atoms with Gasteiger partial charge in [0.2, 0.25) is 0 Å². The first-order chi connectivity index (χ1) is 25.6. The molecule has 0 saturated heterocycles. The van der Waals surface area contributed by atoms with Gasteiger partial charge in [-0.2, -0.15) is 0 Å². The van der Waals surface area contributed by atoms with Crippen LogP contribution in [0.15, 0.2) is 206 Å². The number of hydrogen-bond donors (Lipinski definition) is 0. The lowest BCUT2D eigenvalue weighted by Gasteiger charge is -2.05. The Kier molecular flexibility index (Phi) is 12.8. The van der Waals surface area contributed by atoms with Crippen molar-refractivity contribution in [3.05, 3.63) is 240 Å². The number of rotatable bonds is 7. The Hall–Kier alpha value is -6.24. The van der Waals surface area contributed by atoms with Gasteiger partial charge in [-0.25, -0.2) is 0 Å². The van der Waals surface area contributed by atoms with Crippen LogP contribution >= 0.6 is 0 Å². The van der Waals surface area contributed by atoms with Crippen LogP contribution in [0.4, 0.5) is 0 Å². The van der Waals surface area contributed by atoms with Crippen LogP contribution in [0.5, 0.6) is 0 Å². The topological polar surface area (TPSA) is 0 Å². The maximum atomic E-state index is 2.26. The minimum Gasteiger partial charge on any atom is -0.0795 e. The fourth-order valence-corrected chi connectivity index (χ4v) is 6.23. The number of hydrogen-bond acceptors (Lipinski definition) is 0. The highest BCUT2D eigenvalue weighted by Crippen LogP contribution is 2.23. The summed E-state index contributed by atoms with van der Waals surface area (Å²) in [6.07, 6.45) is 10.8.